The second kappa shape index (κ2) is 5.39. The molecule has 1 heterocycles. The van der Waals surface area contributed by atoms with Crippen LogP contribution in [0.4, 0.5) is 11.4 Å². The minimum absolute atomic E-state index is 1.01. The Balaban J connectivity index is 1.43. The van der Waals surface area contributed by atoms with Crippen molar-refractivity contribution in [3.8, 4) is 22.3 Å². The average Bonchev–Trinajstić information content (AvgIpc) is 3.30. The van der Waals surface area contributed by atoms with Crippen molar-refractivity contribution >= 4 is 11.4 Å². The summed E-state index contributed by atoms with van der Waals surface area (Å²) in [6.45, 7) is 0. The Labute approximate surface area is 171 Å². The Morgan fingerprint density at radius 2 is 1.21 bits per heavy atom. The van der Waals surface area contributed by atoms with Crippen LogP contribution in [-0.4, -0.2) is 7.05 Å². The molecule has 0 aromatic heterocycles. The van der Waals surface area contributed by atoms with Gasteiger partial charge >= 0.3 is 0 Å². The maximum absolute atomic E-state index is 2.46. The lowest BCUT2D eigenvalue weighted by Gasteiger charge is -2.33. The monoisotopic (exact) mass is 371 g/mol. The first kappa shape index (κ1) is 15.6. The third kappa shape index (κ3) is 2.00. The van der Waals surface area contributed by atoms with Gasteiger partial charge in [-0.3, -0.25) is 0 Å². The van der Waals surface area contributed by atoms with E-state index in [0.717, 1.165) is 19.3 Å². The van der Waals surface area contributed by atoms with Gasteiger partial charge in [0.2, 0.25) is 0 Å². The zero-order valence-corrected chi connectivity index (χ0v) is 16.5. The van der Waals surface area contributed by atoms with Crippen molar-refractivity contribution in [2.24, 2.45) is 0 Å². The summed E-state index contributed by atoms with van der Waals surface area (Å²) in [4.78, 5) is 2.46. The first-order chi connectivity index (χ1) is 14.3. The van der Waals surface area contributed by atoms with Crippen LogP contribution in [-0.2, 0) is 19.3 Å². The van der Waals surface area contributed by atoms with Gasteiger partial charge in [0.25, 0.3) is 0 Å². The van der Waals surface area contributed by atoms with Gasteiger partial charge in [0.05, 0.1) is 5.69 Å². The minimum Gasteiger partial charge on any atom is -0.344 e. The van der Waals surface area contributed by atoms with Gasteiger partial charge < -0.3 is 4.90 Å². The normalized spacial score (nSPS) is 14.6. The fourth-order valence-electron chi connectivity index (χ4n) is 5.77. The lowest BCUT2D eigenvalue weighted by Crippen LogP contribution is -2.20. The van der Waals surface area contributed by atoms with Crippen LogP contribution in [0.3, 0.4) is 0 Å². The summed E-state index contributed by atoms with van der Waals surface area (Å²) in [5, 5.41) is 0. The van der Waals surface area contributed by atoms with E-state index in [1.54, 1.807) is 0 Å². The van der Waals surface area contributed by atoms with Crippen molar-refractivity contribution in [3.63, 3.8) is 0 Å². The van der Waals surface area contributed by atoms with Crippen LogP contribution < -0.4 is 4.90 Å². The first-order valence-corrected chi connectivity index (χ1v) is 10.5. The maximum atomic E-state index is 2.46. The summed E-state index contributed by atoms with van der Waals surface area (Å²) in [7, 11) is 2.26. The molecule has 0 N–H and O–H groups in total. The molecule has 0 atom stereocenters. The van der Waals surface area contributed by atoms with Crippen molar-refractivity contribution in [2.45, 2.75) is 19.3 Å². The molecule has 4 aromatic rings. The molecule has 0 saturated carbocycles. The van der Waals surface area contributed by atoms with Gasteiger partial charge in [-0.2, -0.15) is 0 Å². The highest BCUT2D eigenvalue weighted by molar-refractivity contribution is 5.94. The van der Waals surface area contributed by atoms with Crippen LogP contribution in [0.1, 0.15) is 33.4 Å². The number of anilines is 2. The van der Waals surface area contributed by atoms with E-state index in [2.05, 4.69) is 84.7 Å². The SMILES string of the molecule is CN1c2cc3c(cc2Cc2ccc4c(c21)-c1ccccc1C4)-c1ccccc1C3. The van der Waals surface area contributed by atoms with Crippen molar-refractivity contribution < 1.29 is 0 Å². The Hall–Kier alpha value is -3.32. The summed E-state index contributed by atoms with van der Waals surface area (Å²) in [6, 6.07) is 27.4. The van der Waals surface area contributed by atoms with E-state index >= 15 is 0 Å². The molecular formula is C28H21N. The number of benzene rings is 4. The maximum Gasteiger partial charge on any atom is 0.0526 e. The zero-order valence-electron chi connectivity index (χ0n) is 16.5. The molecule has 0 amide bonds. The van der Waals surface area contributed by atoms with E-state index in [-0.39, 0.29) is 0 Å². The van der Waals surface area contributed by atoms with Crippen molar-refractivity contribution in [1.29, 1.82) is 0 Å². The number of nitrogens with zero attached hydrogens (tertiary/aromatic N) is 1. The number of rotatable bonds is 0. The predicted octanol–water partition coefficient (Wildman–Crippen LogP) is 6.50. The molecule has 29 heavy (non-hydrogen) atoms. The number of fused-ring (bicyclic) bond motifs is 9. The smallest absolute Gasteiger partial charge is 0.0526 e. The third-order valence-corrected chi connectivity index (χ3v) is 7.09. The summed E-state index contributed by atoms with van der Waals surface area (Å²) in [5.41, 5.74) is 17.3. The molecule has 0 saturated heterocycles. The van der Waals surface area contributed by atoms with E-state index in [1.807, 2.05) is 0 Å². The lowest BCUT2D eigenvalue weighted by molar-refractivity contribution is 1.05. The van der Waals surface area contributed by atoms with E-state index in [0.29, 0.717) is 0 Å². The number of hydrogen-bond donors (Lipinski definition) is 0. The second-order valence-corrected chi connectivity index (χ2v) is 8.65. The van der Waals surface area contributed by atoms with Crippen LogP contribution in [0.5, 0.6) is 0 Å². The van der Waals surface area contributed by atoms with Crippen molar-refractivity contribution in [3.05, 3.63) is 106 Å². The van der Waals surface area contributed by atoms with E-state index < -0.39 is 0 Å². The molecule has 4 aromatic carbocycles. The lowest BCUT2D eigenvalue weighted by atomic mass is 9.88. The molecule has 0 spiro atoms. The Kier molecular flexibility index (Phi) is 2.90. The molecular weight excluding hydrogens is 350 g/mol. The topological polar surface area (TPSA) is 3.24 Å². The minimum atomic E-state index is 1.01. The molecule has 3 aliphatic rings. The van der Waals surface area contributed by atoms with E-state index in [4.69, 9.17) is 0 Å². The summed E-state index contributed by atoms with van der Waals surface area (Å²) < 4.78 is 0. The van der Waals surface area contributed by atoms with Crippen molar-refractivity contribution in [1.82, 2.24) is 0 Å². The summed E-state index contributed by atoms with van der Waals surface area (Å²) >= 11 is 0. The fraction of sp³-hybridized carbons (Fsp3) is 0.143. The van der Waals surface area contributed by atoms with Gasteiger partial charge in [0.1, 0.15) is 0 Å². The quantitative estimate of drug-likeness (QED) is 0.294. The molecule has 2 aliphatic carbocycles. The largest absolute Gasteiger partial charge is 0.344 e. The average molecular weight is 371 g/mol. The van der Waals surface area contributed by atoms with Crippen LogP contribution >= 0.6 is 0 Å². The van der Waals surface area contributed by atoms with Gasteiger partial charge in [-0.05, 0) is 75.0 Å². The molecule has 1 nitrogen and oxygen atoms in total. The van der Waals surface area contributed by atoms with Gasteiger partial charge in [0.15, 0.2) is 0 Å². The molecule has 7 rings (SSSR count). The second-order valence-electron chi connectivity index (χ2n) is 8.65. The van der Waals surface area contributed by atoms with Gasteiger partial charge in [0, 0.05) is 24.7 Å². The van der Waals surface area contributed by atoms with Gasteiger partial charge in [-0.1, -0.05) is 60.7 Å². The van der Waals surface area contributed by atoms with E-state index in [9.17, 15) is 0 Å². The standard InChI is InChI=1S/C28H21N/c1-29-26-16-21-13-17-6-2-4-8-23(17)25(21)15-22(26)14-20-11-10-19-12-18-7-3-5-9-24(18)27(19)28(20)29/h2-11,15-16H,12-14H2,1H3. The molecule has 0 unspecified atom stereocenters. The van der Waals surface area contributed by atoms with Gasteiger partial charge in [-0.25, -0.2) is 0 Å². The highest BCUT2D eigenvalue weighted by Gasteiger charge is 2.30. The molecule has 0 radical (unpaired) electrons. The third-order valence-electron chi connectivity index (χ3n) is 7.09. The molecule has 138 valence electrons. The van der Waals surface area contributed by atoms with Crippen LogP contribution in [0.15, 0.2) is 72.8 Å². The highest BCUT2D eigenvalue weighted by atomic mass is 15.1. The van der Waals surface area contributed by atoms with Crippen LogP contribution in [0.2, 0.25) is 0 Å². The zero-order chi connectivity index (χ0) is 19.1. The first-order valence-electron chi connectivity index (χ1n) is 10.5. The van der Waals surface area contributed by atoms with Crippen LogP contribution in [0, 0.1) is 0 Å². The van der Waals surface area contributed by atoms with Crippen LogP contribution in [0.25, 0.3) is 22.3 Å². The Morgan fingerprint density at radius 1 is 0.552 bits per heavy atom. The molecule has 1 aliphatic heterocycles. The van der Waals surface area contributed by atoms with Crippen molar-refractivity contribution in [2.75, 3.05) is 11.9 Å². The fourth-order valence-corrected chi connectivity index (χ4v) is 5.77. The molecule has 0 fully saturated rings. The number of hydrogen-bond acceptors (Lipinski definition) is 1. The highest BCUT2D eigenvalue weighted by Crippen LogP contribution is 2.51. The molecule has 0 bridgehead atoms. The predicted molar refractivity (Wildman–Crippen MR) is 120 cm³/mol. The Bertz CT molecular complexity index is 1340. The summed E-state index contributed by atoms with van der Waals surface area (Å²) in [6.07, 6.45) is 3.12. The van der Waals surface area contributed by atoms with E-state index in [1.165, 1.54) is 67.0 Å². The Morgan fingerprint density at radius 3 is 2.07 bits per heavy atom. The summed E-state index contributed by atoms with van der Waals surface area (Å²) in [5.74, 6) is 0. The molecule has 1 heteroatoms. The van der Waals surface area contributed by atoms with Gasteiger partial charge in [-0.15, -0.1) is 0 Å².